The van der Waals surface area contributed by atoms with E-state index in [4.69, 9.17) is 0 Å². The fourth-order valence-electron chi connectivity index (χ4n) is 1.55. The smallest absolute Gasteiger partial charge is 0.257 e. The Kier molecular flexibility index (Phi) is 1.43. The summed E-state index contributed by atoms with van der Waals surface area (Å²) in [6.07, 6.45) is 1.82. The molecule has 1 amide bonds. The molecule has 0 aliphatic carbocycles. The van der Waals surface area contributed by atoms with E-state index >= 15 is 0 Å². The first-order chi connectivity index (χ1) is 5.70. The number of aliphatic imine (C=N–C) groups is 1. The highest BCUT2D eigenvalue weighted by Crippen LogP contribution is 2.15. The number of rotatable bonds is 0. The van der Waals surface area contributed by atoms with Crippen molar-refractivity contribution in [2.24, 2.45) is 4.99 Å². The van der Waals surface area contributed by atoms with Crippen LogP contribution in [-0.4, -0.2) is 41.8 Å². The first-order valence-corrected chi connectivity index (χ1v) is 3.98. The molecule has 2 heterocycles. The number of guanidine groups is 1. The number of carbonyl (C=O) groups is 1. The summed E-state index contributed by atoms with van der Waals surface area (Å²) in [5.74, 6) is 0.870. The van der Waals surface area contributed by atoms with Gasteiger partial charge in [0, 0.05) is 25.4 Å². The summed E-state index contributed by atoms with van der Waals surface area (Å²) in [5, 5.41) is 0. The molecule has 0 fully saturated rings. The van der Waals surface area contributed by atoms with E-state index in [9.17, 15) is 4.79 Å². The Balaban J connectivity index is 2.40. The van der Waals surface area contributed by atoms with Crippen molar-refractivity contribution in [3.8, 4) is 0 Å². The highest BCUT2D eigenvalue weighted by atomic mass is 16.2. The van der Waals surface area contributed by atoms with E-state index in [-0.39, 0.29) is 5.91 Å². The van der Waals surface area contributed by atoms with Crippen LogP contribution in [0.2, 0.25) is 0 Å². The van der Waals surface area contributed by atoms with Gasteiger partial charge in [-0.05, 0) is 6.92 Å². The minimum absolute atomic E-state index is 0.0874. The maximum absolute atomic E-state index is 11.5. The highest BCUT2D eigenvalue weighted by molar-refractivity contribution is 6.08. The largest absolute Gasteiger partial charge is 0.321 e. The Morgan fingerprint density at radius 3 is 3.08 bits per heavy atom. The van der Waals surface area contributed by atoms with Gasteiger partial charge in [0.2, 0.25) is 5.96 Å². The van der Waals surface area contributed by atoms with E-state index in [0.717, 1.165) is 24.6 Å². The first kappa shape index (κ1) is 7.34. The van der Waals surface area contributed by atoms with Crippen molar-refractivity contribution in [3.05, 3.63) is 11.8 Å². The monoisotopic (exact) mass is 165 g/mol. The molecule has 12 heavy (non-hydrogen) atoms. The SMILES string of the molecule is CC1=CN(C)C2=NCCN2C1=O. The van der Waals surface area contributed by atoms with Gasteiger partial charge in [-0.2, -0.15) is 0 Å². The van der Waals surface area contributed by atoms with Crippen LogP contribution in [0, 0.1) is 0 Å². The van der Waals surface area contributed by atoms with Crippen LogP contribution in [0.3, 0.4) is 0 Å². The van der Waals surface area contributed by atoms with Crippen molar-refractivity contribution in [3.63, 3.8) is 0 Å². The molecule has 0 spiro atoms. The molecule has 0 saturated heterocycles. The zero-order valence-corrected chi connectivity index (χ0v) is 7.24. The molecule has 4 heteroatoms. The van der Waals surface area contributed by atoms with Crippen LogP contribution in [0.5, 0.6) is 0 Å². The lowest BCUT2D eigenvalue weighted by Gasteiger charge is -2.29. The highest BCUT2D eigenvalue weighted by Gasteiger charge is 2.30. The zero-order chi connectivity index (χ0) is 8.72. The molecule has 2 aliphatic rings. The van der Waals surface area contributed by atoms with Crippen LogP contribution in [0.4, 0.5) is 0 Å². The number of hydrogen-bond acceptors (Lipinski definition) is 3. The van der Waals surface area contributed by atoms with Gasteiger partial charge in [-0.25, -0.2) is 0 Å². The lowest BCUT2D eigenvalue weighted by atomic mass is 10.2. The molecule has 2 aliphatic heterocycles. The Morgan fingerprint density at radius 1 is 1.58 bits per heavy atom. The lowest BCUT2D eigenvalue weighted by Crippen LogP contribution is -2.45. The summed E-state index contributed by atoms with van der Waals surface area (Å²) >= 11 is 0. The summed E-state index contributed by atoms with van der Waals surface area (Å²) in [7, 11) is 1.91. The molecule has 0 aromatic rings. The van der Waals surface area contributed by atoms with E-state index in [0.29, 0.717) is 0 Å². The Morgan fingerprint density at radius 2 is 2.33 bits per heavy atom. The van der Waals surface area contributed by atoms with Crippen molar-refractivity contribution >= 4 is 11.9 Å². The van der Waals surface area contributed by atoms with Crippen molar-refractivity contribution in [1.82, 2.24) is 9.80 Å². The molecular formula is C8H11N3O. The molecule has 64 valence electrons. The molecule has 0 unspecified atom stereocenters. The van der Waals surface area contributed by atoms with Crippen LogP contribution >= 0.6 is 0 Å². The van der Waals surface area contributed by atoms with Crippen molar-refractivity contribution in [1.29, 1.82) is 0 Å². The molecule has 0 bridgehead atoms. The summed E-state index contributed by atoms with van der Waals surface area (Å²) in [6.45, 7) is 3.28. The molecule has 0 radical (unpaired) electrons. The first-order valence-electron chi connectivity index (χ1n) is 3.98. The number of carbonyl (C=O) groups excluding carboxylic acids is 1. The van der Waals surface area contributed by atoms with Gasteiger partial charge in [0.05, 0.1) is 6.54 Å². The van der Waals surface area contributed by atoms with E-state index in [1.54, 1.807) is 4.90 Å². The van der Waals surface area contributed by atoms with Crippen molar-refractivity contribution in [2.75, 3.05) is 20.1 Å². The summed E-state index contributed by atoms with van der Waals surface area (Å²) < 4.78 is 0. The maximum atomic E-state index is 11.5. The van der Waals surface area contributed by atoms with Gasteiger partial charge in [0.1, 0.15) is 0 Å². The quantitative estimate of drug-likeness (QED) is 0.508. The predicted molar refractivity (Wildman–Crippen MR) is 45.5 cm³/mol. The average Bonchev–Trinajstić information content (AvgIpc) is 2.48. The number of fused-ring (bicyclic) bond motifs is 1. The van der Waals surface area contributed by atoms with Gasteiger partial charge in [-0.3, -0.25) is 14.7 Å². The normalized spacial score (nSPS) is 22.3. The number of nitrogens with zero attached hydrogens (tertiary/aromatic N) is 3. The summed E-state index contributed by atoms with van der Waals surface area (Å²) in [5.41, 5.74) is 0.776. The standard InChI is InChI=1S/C8H11N3O/c1-6-5-10(2)8-9-3-4-11(8)7(6)12/h5H,3-4H2,1-2H3. The van der Waals surface area contributed by atoms with Crippen molar-refractivity contribution in [2.45, 2.75) is 6.92 Å². The maximum Gasteiger partial charge on any atom is 0.257 e. The topological polar surface area (TPSA) is 35.9 Å². The molecule has 0 aromatic carbocycles. The van der Waals surface area contributed by atoms with Gasteiger partial charge < -0.3 is 4.90 Å². The molecule has 2 rings (SSSR count). The second kappa shape index (κ2) is 2.33. The molecule has 0 N–H and O–H groups in total. The van der Waals surface area contributed by atoms with Gasteiger partial charge >= 0.3 is 0 Å². The number of amides is 1. The Hall–Kier alpha value is -1.32. The van der Waals surface area contributed by atoms with Crippen molar-refractivity contribution < 1.29 is 4.79 Å². The second-order valence-electron chi connectivity index (χ2n) is 3.06. The van der Waals surface area contributed by atoms with Crippen LogP contribution < -0.4 is 0 Å². The second-order valence-corrected chi connectivity index (χ2v) is 3.06. The van der Waals surface area contributed by atoms with Crippen LogP contribution in [-0.2, 0) is 4.79 Å². The fraction of sp³-hybridized carbons (Fsp3) is 0.500. The third-order valence-corrected chi connectivity index (χ3v) is 2.10. The Labute approximate surface area is 71.2 Å². The zero-order valence-electron chi connectivity index (χ0n) is 7.24. The molecular weight excluding hydrogens is 154 g/mol. The minimum atomic E-state index is 0.0874. The van der Waals surface area contributed by atoms with E-state index < -0.39 is 0 Å². The molecule has 0 saturated carbocycles. The van der Waals surface area contributed by atoms with E-state index in [1.807, 2.05) is 25.1 Å². The third-order valence-electron chi connectivity index (χ3n) is 2.10. The minimum Gasteiger partial charge on any atom is -0.321 e. The Bertz CT molecular complexity index is 293. The van der Waals surface area contributed by atoms with E-state index in [1.165, 1.54) is 0 Å². The van der Waals surface area contributed by atoms with Gasteiger partial charge in [-0.1, -0.05) is 0 Å². The third kappa shape index (κ3) is 0.841. The van der Waals surface area contributed by atoms with E-state index in [2.05, 4.69) is 4.99 Å². The van der Waals surface area contributed by atoms with Gasteiger partial charge in [0.15, 0.2) is 0 Å². The summed E-state index contributed by atoms with van der Waals surface area (Å²) in [4.78, 5) is 19.3. The van der Waals surface area contributed by atoms with Crippen LogP contribution in [0.15, 0.2) is 16.8 Å². The lowest BCUT2D eigenvalue weighted by molar-refractivity contribution is -0.123. The number of hydrogen-bond donors (Lipinski definition) is 0. The predicted octanol–water partition coefficient (Wildman–Crippen LogP) is 0.0338. The average molecular weight is 165 g/mol. The van der Waals surface area contributed by atoms with Gasteiger partial charge in [-0.15, -0.1) is 0 Å². The van der Waals surface area contributed by atoms with Gasteiger partial charge in [0.25, 0.3) is 5.91 Å². The molecule has 0 aromatic heterocycles. The summed E-state index contributed by atoms with van der Waals surface area (Å²) in [6, 6.07) is 0. The van der Waals surface area contributed by atoms with Crippen LogP contribution in [0.25, 0.3) is 0 Å². The molecule has 4 nitrogen and oxygen atoms in total. The molecule has 0 atom stereocenters. The van der Waals surface area contributed by atoms with Crippen LogP contribution in [0.1, 0.15) is 6.92 Å². The fourth-order valence-corrected chi connectivity index (χ4v) is 1.55.